The molecule has 2 aliphatic rings. The minimum atomic E-state index is 0.513. The zero-order valence-electron chi connectivity index (χ0n) is 13.6. The first-order chi connectivity index (χ1) is 9.26. The van der Waals surface area contributed by atoms with Crippen LogP contribution in [0.3, 0.4) is 0 Å². The monoisotopic (exact) mass is 268 g/mol. The molecule has 0 amide bonds. The maximum Gasteiger partial charge on any atom is 0.0549 e. The lowest BCUT2D eigenvalue weighted by Gasteiger charge is -2.21. The van der Waals surface area contributed by atoms with Gasteiger partial charge in [0.05, 0.1) is 6.10 Å². The molecule has 0 aliphatic heterocycles. The third-order valence-electron chi connectivity index (χ3n) is 4.25. The standard InChI is InChI=1S/C15H28O.C3H8/c1-13(12-15-9-10-15)16-11-5-8-14-6-3-2-4-7-14;1-3-2/h13-15H,2-12H2,1H3;3H2,1-2H3. The van der Waals surface area contributed by atoms with Crippen molar-refractivity contribution in [2.75, 3.05) is 6.61 Å². The zero-order valence-corrected chi connectivity index (χ0v) is 13.6. The minimum absolute atomic E-state index is 0.513. The van der Waals surface area contributed by atoms with Gasteiger partial charge in [0.15, 0.2) is 0 Å². The Hall–Kier alpha value is -0.0400. The van der Waals surface area contributed by atoms with Crippen molar-refractivity contribution in [3.63, 3.8) is 0 Å². The lowest BCUT2D eigenvalue weighted by molar-refractivity contribution is 0.0512. The molecule has 0 radical (unpaired) electrons. The van der Waals surface area contributed by atoms with E-state index < -0.39 is 0 Å². The highest BCUT2D eigenvalue weighted by molar-refractivity contribution is 4.75. The second-order valence-corrected chi connectivity index (χ2v) is 6.71. The van der Waals surface area contributed by atoms with Gasteiger partial charge in [-0.15, -0.1) is 0 Å². The van der Waals surface area contributed by atoms with Gasteiger partial charge in [0.1, 0.15) is 0 Å². The smallest absolute Gasteiger partial charge is 0.0549 e. The van der Waals surface area contributed by atoms with Gasteiger partial charge >= 0.3 is 0 Å². The van der Waals surface area contributed by atoms with Gasteiger partial charge in [-0.25, -0.2) is 0 Å². The fraction of sp³-hybridized carbons (Fsp3) is 1.00. The summed E-state index contributed by atoms with van der Waals surface area (Å²) in [6.45, 7) is 7.50. The highest BCUT2D eigenvalue weighted by Crippen LogP contribution is 2.34. The molecule has 0 aromatic heterocycles. The number of rotatable bonds is 7. The average Bonchev–Trinajstić information content (AvgIpc) is 3.21. The molecule has 2 fully saturated rings. The fourth-order valence-electron chi connectivity index (χ4n) is 3.02. The van der Waals surface area contributed by atoms with Crippen LogP contribution in [0.25, 0.3) is 0 Å². The topological polar surface area (TPSA) is 9.23 Å². The molecule has 0 aromatic rings. The summed E-state index contributed by atoms with van der Waals surface area (Å²) in [5.74, 6) is 2.03. The minimum Gasteiger partial charge on any atom is -0.378 e. The predicted octanol–water partition coefficient (Wildman–Crippen LogP) is 5.97. The molecule has 2 saturated carbocycles. The van der Waals surface area contributed by atoms with Crippen molar-refractivity contribution in [2.24, 2.45) is 11.8 Å². The lowest BCUT2D eigenvalue weighted by atomic mass is 9.86. The number of hydrogen-bond acceptors (Lipinski definition) is 1. The van der Waals surface area contributed by atoms with E-state index >= 15 is 0 Å². The molecular formula is C18H36O. The molecule has 1 nitrogen and oxygen atoms in total. The van der Waals surface area contributed by atoms with Crippen molar-refractivity contribution >= 4 is 0 Å². The van der Waals surface area contributed by atoms with Crippen LogP contribution in [-0.4, -0.2) is 12.7 Å². The SMILES string of the molecule is CC(CC1CC1)OCCCC1CCCCC1.CCC. The summed E-state index contributed by atoms with van der Waals surface area (Å²) in [5, 5.41) is 0. The van der Waals surface area contributed by atoms with Crippen molar-refractivity contribution in [2.45, 2.75) is 97.5 Å². The fourth-order valence-corrected chi connectivity index (χ4v) is 3.02. The maximum atomic E-state index is 5.88. The van der Waals surface area contributed by atoms with Crippen LogP contribution in [0.5, 0.6) is 0 Å². The first-order valence-corrected chi connectivity index (χ1v) is 8.87. The second-order valence-electron chi connectivity index (χ2n) is 6.71. The van der Waals surface area contributed by atoms with Crippen molar-refractivity contribution in [3.05, 3.63) is 0 Å². The molecule has 2 rings (SSSR count). The molecule has 0 aromatic carbocycles. The summed E-state index contributed by atoms with van der Waals surface area (Å²) in [7, 11) is 0. The van der Waals surface area contributed by atoms with Crippen LogP contribution in [0, 0.1) is 11.8 Å². The van der Waals surface area contributed by atoms with Crippen molar-refractivity contribution in [3.8, 4) is 0 Å². The van der Waals surface area contributed by atoms with Gasteiger partial charge < -0.3 is 4.74 Å². The zero-order chi connectivity index (χ0) is 13.9. The Balaban J connectivity index is 0.000000550. The molecule has 1 unspecified atom stereocenters. The predicted molar refractivity (Wildman–Crippen MR) is 84.5 cm³/mol. The van der Waals surface area contributed by atoms with Crippen LogP contribution in [0.1, 0.15) is 91.4 Å². The van der Waals surface area contributed by atoms with Crippen molar-refractivity contribution in [1.82, 2.24) is 0 Å². The molecule has 0 heterocycles. The number of ether oxygens (including phenoxy) is 1. The van der Waals surface area contributed by atoms with Gasteiger partial charge in [-0.1, -0.05) is 65.2 Å². The van der Waals surface area contributed by atoms with Gasteiger partial charge in [-0.05, 0) is 38.0 Å². The molecule has 1 heteroatoms. The largest absolute Gasteiger partial charge is 0.378 e. The Bertz CT molecular complexity index is 192. The molecule has 19 heavy (non-hydrogen) atoms. The van der Waals surface area contributed by atoms with E-state index in [2.05, 4.69) is 20.8 Å². The second kappa shape index (κ2) is 10.7. The molecule has 114 valence electrons. The van der Waals surface area contributed by atoms with E-state index in [1.807, 2.05) is 0 Å². The quantitative estimate of drug-likeness (QED) is 0.517. The molecule has 0 saturated heterocycles. The van der Waals surface area contributed by atoms with Crippen molar-refractivity contribution < 1.29 is 4.74 Å². The molecule has 0 spiro atoms. The van der Waals surface area contributed by atoms with Gasteiger partial charge in [-0.2, -0.15) is 0 Å². The summed E-state index contributed by atoms with van der Waals surface area (Å²) >= 11 is 0. The summed E-state index contributed by atoms with van der Waals surface area (Å²) < 4.78 is 5.88. The summed E-state index contributed by atoms with van der Waals surface area (Å²) in [6.07, 6.45) is 16.1. The Morgan fingerprint density at radius 1 is 0.947 bits per heavy atom. The first kappa shape index (κ1) is 17.0. The van der Waals surface area contributed by atoms with E-state index in [1.54, 1.807) is 0 Å². The highest BCUT2D eigenvalue weighted by Gasteiger charge is 2.23. The summed E-state index contributed by atoms with van der Waals surface area (Å²) in [6, 6.07) is 0. The Morgan fingerprint density at radius 3 is 2.16 bits per heavy atom. The van der Waals surface area contributed by atoms with E-state index in [4.69, 9.17) is 4.74 Å². The first-order valence-electron chi connectivity index (χ1n) is 8.87. The van der Waals surface area contributed by atoms with Gasteiger partial charge in [0.25, 0.3) is 0 Å². The average molecular weight is 268 g/mol. The van der Waals surface area contributed by atoms with Crippen LogP contribution in [0.2, 0.25) is 0 Å². The molecular weight excluding hydrogens is 232 g/mol. The van der Waals surface area contributed by atoms with Crippen LogP contribution < -0.4 is 0 Å². The third kappa shape index (κ3) is 9.49. The normalized spacial score (nSPS) is 21.6. The van der Waals surface area contributed by atoms with E-state index in [0.717, 1.165) is 18.4 Å². The Labute approximate surface area is 121 Å². The van der Waals surface area contributed by atoms with E-state index in [-0.39, 0.29) is 0 Å². The van der Waals surface area contributed by atoms with Crippen LogP contribution >= 0.6 is 0 Å². The Kier molecular flexibility index (Phi) is 9.59. The van der Waals surface area contributed by atoms with Crippen LogP contribution in [0.4, 0.5) is 0 Å². The van der Waals surface area contributed by atoms with Gasteiger partial charge in [0.2, 0.25) is 0 Å². The summed E-state index contributed by atoms with van der Waals surface area (Å²) in [4.78, 5) is 0. The maximum absolute atomic E-state index is 5.88. The molecule has 2 aliphatic carbocycles. The van der Waals surface area contributed by atoms with Crippen molar-refractivity contribution in [1.29, 1.82) is 0 Å². The summed E-state index contributed by atoms with van der Waals surface area (Å²) in [5.41, 5.74) is 0. The molecule has 0 N–H and O–H groups in total. The van der Waals surface area contributed by atoms with E-state index in [0.29, 0.717) is 6.10 Å². The number of hydrogen-bond donors (Lipinski definition) is 0. The van der Waals surface area contributed by atoms with Gasteiger partial charge in [-0.3, -0.25) is 0 Å². The lowest BCUT2D eigenvalue weighted by Crippen LogP contribution is -2.12. The molecule has 0 bridgehead atoms. The van der Waals surface area contributed by atoms with E-state index in [1.165, 1.54) is 70.6 Å². The van der Waals surface area contributed by atoms with Crippen LogP contribution in [-0.2, 0) is 4.74 Å². The molecule has 1 atom stereocenters. The highest BCUT2D eigenvalue weighted by atomic mass is 16.5. The van der Waals surface area contributed by atoms with Gasteiger partial charge in [0, 0.05) is 6.61 Å². The third-order valence-corrected chi connectivity index (χ3v) is 4.25. The van der Waals surface area contributed by atoms with E-state index in [9.17, 15) is 0 Å². The Morgan fingerprint density at radius 2 is 1.58 bits per heavy atom. The van der Waals surface area contributed by atoms with Crippen LogP contribution in [0.15, 0.2) is 0 Å².